The number of hydrogen-bond acceptors (Lipinski definition) is 4. The zero-order chi connectivity index (χ0) is 19.0. The SMILES string of the molecule is Cc1[nH]c(=S)sc1CC(=O)Nc1ccc(-c2cn3cccc(C)c3n2)cc1. The summed E-state index contributed by atoms with van der Waals surface area (Å²) in [4.78, 5) is 21.0. The average molecular weight is 395 g/mol. The van der Waals surface area contributed by atoms with Crippen LogP contribution in [0.2, 0.25) is 0 Å². The van der Waals surface area contributed by atoms with E-state index in [9.17, 15) is 4.79 Å². The van der Waals surface area contributed by atoms with Gasteiger partial charge in [0.05, 0.1) is 12.1 Å². The van der Waals surface area contributed by atoms with Crippen molar-refractivity contribution in [1.82, 2.24) is 14.4 Å². The van der Waals surface area contributed by atoms with Crippen LogP contribution in [-0.4, -0.2) is 20.3 Å². The number of aromatic amines is 1. The number of rotatable bonds is 4. The van der Waals surface area contributed by atoms with E-state index in [2.05, 4.69) is 10.3 Å². The van der Waals surface area contributed by atoms with Crippen LogP contribution in [-0.2, 0) is 11.2 Å². The van der Waals surface area contributed by atoms with Crippen molar-refractivity contribution < 1.29 is 4.79 Å². The standard InChI is InChI=1S/C20H18N4OS2/c1-12-4-3-9-24-11-16(23-19(12)24)14-5-7-15(8-6-14)22-18(25)10-17-13(2)21-20(26)27-17/h3-9,11H,10H2,1-2H3,(H,21,26)(H,22,25). The third kappa shape index (κ3) is 3.70. The second kappa shape index (κ2) is 7.09. The van der Waals surface area contributed by atoms with Crippen LogP contribution >= 0.6 is 23.6 Å². The molecular formula is C20H18N4OS2. The fraction of sp³-hybridized carbons (Fsp3) is 0.150. The van der Waals surface area contributed by atoms with Gasteiger partial charge in [0.2, 0.25) is 5.91 Å². The van der Waals surface area contributed by atoms with Gasteiger partial charge in [0.15, 0.2) is 3.95 Å². The first-order valence-corrected chi connectivity index (χ1v) is 9.75. The molecule has 0 unspecified atom stereocenters. The van der Waals surface area contributed by atoms with E-state index < -0.39 is 0 Å². The van der Waals surface area contributed by atoms with Crippen LogP contribution in [0.5, 0.6) is 0 Å². The minimum Gasteiger partial charge on any atom is -0.341 e. The summed E-state index contributed by atoms with van der Waals surface area (Å²) in [5.41, 5.74) is 5.73. The molecule has 0 aliphatic rings. The highest BCUT2D eigenvalue weighted by molar-refractivity contribution is 7.73. The fourth-order valence-electron chi connectivity index (χ4n) is 2.97. The summed E-state index contributed by atoms with van der Waals surface area (Å²) in [5, 5.41) is 2.94. The van der Waals surface area contributed by atoms with Gasteiger partial charge in [-0.2, -0.15) is 0 Å². The number of amides is 1. The zero-order valence-electron chi connectivity index (χ0n) is 14.9. The maximum Gasteiger partial charge on any atom is 0.229 e. The number of H-pyrrole nitrogens is 1. The smallest absolute Gasteiger partial charge is 0.229 e. The number of imidazole rings is 1. The van der Waals surface area contributed by atoms with Crippen molar-refractivity contribution in [2.45, 2.75) is 20.3 Å². The van der Waals surface area contributed by atoms with Crippen molar-refractivity contribution in [2.75, 3.05) is 5.32 Å². The lowest BCUT2D eigenvalue weighted by Gasteiger charge is -2.05. The normalized spacial score (nSPS) is 11.0. The van der Waals surface area contributed by atoms with Gasteiger partial charge in [0.25, 0.3) is 0 Å². The molecule has 3 aromatic heterocycles. The quantitative estimate of drug-likeness (QED) is 0.483. The Bertz CT molecular complexity index is 1180. The Morgan fingerprint density at radius 2 is 2.04 bits per heavy atom. The van der Waals surface area contributed by atoms with E-state index in [0.29, 0.717) is 10.4 Å². The summed E-state index contributed by atoms with van der Waals surface area (Å²) >= 11 is 6.56. The average Bonchev–Trinajstić information content (AvgIpc) is 3.20. The van der Waals surface area contributed by atoms with E-state index in [1.165, 1.54) is 11.3 Å². The molecule has 0 spiro atoms. The molecular weight excluding hydrogens is 376 g/mol. The molecule has 1 aromatic carbocycles. The third-order valence-electron chi connectivity index (χ3n) is 4.39. The molecule has 0 fully saturated rings. The highest BCUT2D eigenvalue weighted by Crippen LogP contribution is 2.23. The van der Waals surface area contributed by atoms with E-state index in [-0.39, 0.29) is 5.91 Å². The number of benzene rings is 1. The Kier molecular flexibility index (Phi) is 4.63. The summed E-state index contributed by atoms with van der Waals surface area (Å²) in [6.45, 7) is 3.98. The van der Waals surface area contributed by atoms with Crippen molar-refractivity contribution >= 4 is 40.8 Å². The fourth-order valence-corrected chi connectivity index (χ4v) is 4.26. The second-order valence-corrected chi connectivity index (χ2v) is 8.19. The molecule has 4 aromatic rings. The van der Waals surface area contributed by atoms with Crippen molar-refractivity contribution in [2.24, 2.45) is 0 Å². The Labute approximate surface area is 165 Å². The number of nitrogens with one attached hydrogen (secondary N) is 2. The highest BCUT2D eigenvalue weighted by atomic mass is 32.1. The number of aryl methyl sites for hydroxylation is 2. The van der Waals surface area contributed by atoms with Gasteiger partial charge < -0.3 is 14.7 Å². The third-order valence-corrected chi connectivity index (χ3v) is 5.72. The molecule has 0 atom stereocenters. The summed E-state index contributed by atoms with van der Waals surface area (Å²) in [6.07, 6.45) is 4.32. The largest absolute Gasteiger partial charge is 0.341 e. The topological polar surface area (TPSA) is 62.2 Å². The first kappa shape index (κ1) is 17.6. The minimum atomic E-state index is -0.0561. The molecule has 7 heteroatoms. The molecule has 5 nitrogen and oxygen atoms in total. The van der Waals surface area contributed by atoms with Crippen molar-refractivity contribution in [3.8, 4) is 11.3 Å². The summed E-state index contributed by atoms with van der Waals surface area (Å²) < 4.78 is 2.72. The molecule has 0 saturated heterocycles. The minimum absolute atomic E-state index is 0.0561. The molecule has 3 heterocycles. The maximum absolute atomic E-state index is 12.3. The van der Waals surface area contributed by atoms with Crippen LogP contribution < -0.4 is 5.32 Å². The number of fused-ring (bicyclic) bond motifs is 1. The number of thiazole rings is 1. The van der Waals surface area contributed by atoms with E-state index in [0.717, 1.165) is 38.7 Å². The molecule has 0 aliphatic heterocycles. The summed E-state index contributed by atoms with van der Waals surface area (Å²) in [6, 6.07) is 11.8. The van der Waals surface area contributed by atoms with Gasteiger partial charge in [-0.25, -0.2) is 4.98 Å². The highest BCUT2D eigenvalue weighted by Gasteiger charge is 2.10. The van der Waals surface area contributed by atoms with Crippen LogP contribution in [0.25, 0.3) is 16.9 Å². The molecule has 4 rings (SSSR count). The Morgan fingerprint density at radius 1 is 1.26 bits per heavy atom. The summed E-state index contributed by atoms with van der Waals surface area (Å²) in [5.74, 6) is -0.0561. The van der Waals surface area contributed by atoms with Crippen molar-refractivity contribution in [1.29, 1.82) is 0 Å². The molecule has 0 aliphatic carbocycles. The van der Waals surface area contributed by atoms with Crippen LogP contribution in [0.1, 0.15) is 16.1 Å². The molecule has 0 radical (unpaired) electrons. The number of hydrogen-bond donors (Lipinski definition) is 2. The number of carbonyl (C=O) groups excluding carboxylic acids is 1. The van der Waals surface area contributed by atoms with Gasteiger partial charge >= 0.3 is 0 Å². The number of aromatic nitrogens is 3. The van der Waals surface area contributed by atoms with Crippen LogP contribution in [0.15, 0.2) is 48.8 Å². The van der Waals surface area contributed by atoms with E-state index in [4.69, 9.17) is 17.2 Å². The number of carbonyl (C=O) groups is 1. The number of nitrogens with zero attached hydrogens (tertiary/aromatic N) is 2. The predicted molar refractivity (Wildman–Crippen MR) is 112 cm³/mol. The van der Waals surface area contributed by atoms with Crippen LogP contribution in [0.3, 0.4) is 0 Å². The van der Waals surface area contributed by atoms with Gasteiger partial charge in [-0.15, -0.1) is 11.3 Å². The first-order valence-electron chi connectivity index (χ1n) is 8.53. The molecule has 2 N–H and O–H groups in total. The molecule has 27 heavy (non-hydrogen) atoms. The molecule has 0 bridgehead atoms. The van der Waals surface area contributed by atoms with Gasteiger partial charge in [-0.1, -0.05) is 18.2 Å². The lowest BCUT2D eigenvalue weighted by atomic mass is 10.1. The number of anilines is 1. The van der Waals surface area contributed by atoms with E-state index >= 15 is 0 Å². The van der Waals surface area contributed by atoms with Crippen molar-refractivity contribution in [3.05, 3.63) is 68.9 Å². The monoisotopic (exact) mass is 394 g/mol. The lowest BCUT2D eigenvalue weighted by molar-refractivity contribution is -0.115. The predicted octanol–water partition coefficient (Wildman–Crippen LogP) is 4.92. The van der Waals surface area contributed by atoms with Crippen molar-refractivity contribution in [3.63, 3.8) is 0 Å². The van der Waals surface area contributed by atoms with Crippen LogP contribution in [0, 0.1) is 17.8 Å². The van der Waals surface area contributed by atoms with Crippen LogP contribution in [0.4, 0.5) is 5.69 Å². The maximum atomic E-state index is 12.3. The first-order chi connectivity index (χ1) is 13.0. The van der Waals surface area contributed by atoms with Gasteiger partial charge in [-0.3, -0.25) is 4.79 Å². The van der Waals surface area contributed by atoms with Gasteiger partial charge in [0.1, 0.15) is 5.65 Å². The molecule has 0 saturated carbocycles. The molecule has 136 valence electrons. The Morgan fingerprint density at radius 3 is 2.70 bits per heavy atom. The number of pyridine rings is 1. The Hall–Kier alpha value is -2.77. The van der Waals surface area contributed by atoms with Gasteiger partial charge in [-0.05, 0) is 49.8 Å². The second-order valence-electron chi connectivity index (χ2n) is 6.41. The lowest BCUT2D eigenvalue weighted by Crippen LogP contribution is -2.14. The van der Waals surface area contributed by atoms with Gasteiger partial charge in [0, 0.05) is 34.2 Å². The Balaban J connectivity index is 1.49. The van der Waals surface area contributed by atoms with E-state index in [1.54, 1.807) is 0 Å². The zero-order valence-corrected chi connectivity index (χ0v) is 16.6. The van der Waals surface area contributed by atoms with E-state index in [1.807, 2.05) is 67.0 Å². The molecule has 1 amide bonds. The summed E-state index contributed by atoms with van der Waals surface area (Å²) in [7, 11) is 0.